The summed E-state index contributed by atoms with van der Waals surface area (Å²) in [4.78, 5) is 12.0. The topological polar surface area (TPSA) is 73.7 Å². The molecule has 0 bridgehead atoms. The van der Waals surface area contributed by atoms with Crippen molar-refractivity contribution in [2.24, 2.45) is 5.10 Å². The molecule has 132 valence electrons. The molecule has 0 aliphatic heterocycles. The molecule has 0 radical (unpaired) electrons. The molecule has 3 N–H and O–H groups in total. The zero-order valence-corrected chi connectivity index (χ0v) is 14.9. The van der Waals surface area contributed by atoms with Gasteiger partial charge in [-0.3, -0.25) is 4.79 Å². The first-order chi connectivity index (χ1) is 12.6. The Kier molecular flexibility index (Phi) is 5.39. The van der Waals surface area contributed by atoms with E-state index >= 15 is 0 Å². The number of hydrogen-bond donors (Lipinski definition) is 3. The second-order valence-electron chi connectivity index (χ2n) is 5.78. The number of carbonyl (C=O) groups is 1. The number of anilines is 1. The minimum absolute atomic E-state index is 0.0556. The number of carbonyl (C=O) groups excluding carboxylic acids is 1. The Balaban J connectivity index is 1.65. The summed E-state index contributed by atoms with van der Waals surface area (Å²) in [5.74, 6) is -0.199. The Bertz CT molecular complexity index is 986. The number of halogens is 1. The average molecular weight is 368 g/mol. The summed E-state index contributed by atoms with van der Waals surface area (Å²) >= 11 is 6.06. The Morgan fingerprint density at radius 3 is 2.81 bits per heavy atom. The number of benzene rings is 3. The molecule has 0 atom stereocenters. The molecule has 0 aliphatic rings. The third-order valence-corrected chi connectivity index (χ3v) is 4.45. The molecule has 3 aromatic carbocycles. The summed E-state index contributed by atoms with van der Waals surface area (Å²) in [5.41, 5.74) is 4.68. The van der Waals surface area contributed by atoms with Crippen LogP contribution in [0.25, 0.3) is 10.8 Å². The van der Waals surface area contributed by atoms with E-state index in [1.54, 1.807) is 12.1 Å². The molecule has 0 unspecified atom stereocenters. The van der Waals surface area contributed by atoms with Crippen LogP contribution in [-0.4, -0.2) is 23.8 Å². The van der Waals surface area contributed by atoms with Crippen LogP contribution in [0.4, 0.5) is 5.69 Å². The maximum absolute atomic E-state index is 12.0. The molecule has 0 aromatic heterocycles. The van der Waals surface area contributed by atoms with Gasteiger partial charge in [0.15, 0.2) is 0 Å². The van der Waals surface area contributed by atoms with Crippen LogP contribution in [0.2, 0.25) is 5.02 Å². The van der Waals surface area contributed by atoms with E-state index in [-0.39, 0.29) is 18.2 Å². The number of nitrogens with zero attached hydrogens (tertiary/aromatic N) is 1. The van der Waals surface area contributed by atoms with Gasteiger partial charge >= 0.3 is 0 Å². The van der Waals surface area contributed by atoms with Crippen molar-refractivity contribution >= 4 is 40.2 Å². The van der Waals surface area contributed by atoms with Gasteiger partial charge in [0.1, 0.15) is 5.75 Å². The predicted molar refractivity (Wildman–Crippen MR) is 106 cm³/mol. The second-order valence-corrected chi connectivity index (χ2v) is 6.19. The van der Waals surface area contributed by atoms with Gasteiger partial charge in [-0.05, 0) is 41.5 Å². The Morgan fingerprint density at radius 2 is 1.96 bits per heavy atom. The van der Waals surface area contributed by atoms with Gasteiger partial charge in [-0.15, -0.1) is 0 Å². The molecular weight excluding hydrogens is 350 g/mol. The van der Waals surface area contributed by atoms with Gasteiger partial charge in [-0.25, -0.2) is 5.43 Å². The maximum Gasteiger partial charge on any atom is 0.259 e. The fourth-order valence-corrected chi connectivity index (χ4v) is 2.78. The van der Waals surface area contributed by atoms with E-state index in [2.05, 4.69) is 15.8 Å². The second kappa shape index (κ2) is 7.89. The molecule has 0 saturated heterocycles. The van der Waals surface area contributed by atoms with Crippen LogP contribution in [0.5, 0.6) is 5.75 Å². The fraction of sp³-hybridized carbons (Fsp3) is 0.100. The molecule has 6 heteroatoms. The third kappa shape index (κ3) is 3.95. The van der Waals surface area contributed by atoms with E-state index < -0.39 is 0 Å². The molecule has 3 aromatic rings. The monoisotopic (exact) mass is 367 g/mol. The normalized spacial score (nSPS) is 11.0. The van der Waals surface area contributed by atoms with Crippen LogP contribution < -0.4 is 10.7 Å². The first-order valence-corrected chi connectivity index (χ1v) is 8.45. The smallest absolute Gasteiger partial charge is 0.259 e. The van der Waals surface area contributed by atoms with Crippen molar-refractivity contribution in [1.29, 1.82) is 0 Å². The summed E-state index contributed by atoms with van der Waals surface area (Å²) < 4.78 is 0. The first-order valence-electron chi connectivity index (χ1n) is 8.08. The fourth-order valence-electron chi connectivity index (χ4n) is 2.60. The third-order valence-electron chi connectivity index (χ3n) is 4.04. The van der Waals surface area contributed by atoms with Crippen LogP contribution in [0.1, 0.15) is 11.1 Å². The van der Waals surface area contributed by atoms with Gasteiger partial charge in [0.2, 0.25) is 0 Å². The summed E-state index contributed by atoms with van der Waals surface area (Å²) in [6, 6.07) is 16.5. The summed E-state index contributed by atoms with van der Waals surface area (Å²) in [6.07, 6.45) is 1.44. The number of fused-ring (bicyclic) bond motifs is 1. The van der Waals surface area contributed by atoms with Crippen molar-refractivity contribution in [1.82, 2.24) is 5.43 Å². The van der Waals surface area contributed by atoms with Crippen LogP contribution in [0.3, 0.4) is 0 Å². The molecule has 1 amide bonds. The van der Waals surface area contributed by atoms with Gasteiger partial charge in [0.05, 0.1) is 12.8 Å². The molecule has 5 nitrogen and oxygen atoms in total. The molecule has 0 fully saturated rings. The lowest BCUT2D eigenvalue weighted by atomic mass is 10.0. The maximum atomic E-state index is 12.0. The van der Waals surface area contributed by atoms with Crippen molar-refractivity contribution in [3.05, 3.63) is 70.7 Å². The van der Waals surface area contributed by atoms with Gasteiger partial charge in [0.25, 0.3) is 5.91 Å². The van der Waals surface area contributed by atoms with E-state index in [4.69, 9.17) is 11.6 Å². The molecule has 0 spiro atoms. The molecule has 0 heterocycles. The Morgan fingerprint density at radius 1 is 1.15 bits per heavy atom. The highest BCUT2D eigenvalue weighted by molar-refractivity contribution is 6.31. The largest absolute Gasteiger partial charge is 0.507 e. The highest BCUT2D eigenvalue weighted by Gasteiger charge is 2.06. The summed E-state index contributed by atoms with van der Waals surface area (Å²) in [7, 11) is 0. The van der Waals surface area contributed by atoms with Crippen molar-refractivity contribution in [3.63, 3.8) is 0 Å². The molecule has 3 rings (SSSR count). The number of hydrazone groups is 1. The zero-order chi connectivity index (χ0) is 18.5. The summed E-state index contributed by atoms with van der Waals surface area (Å²) in [5, 5.41) is 19.5. The van der Waals surface area contributed by atoms with Gasteiger partial charge in [-0.2, -0.15) is 5.10 Å². The van der Waals surface area contributed by atoms with Gasteiger partial charge in [0, 0.05) is 16.3 Å². The number of phenols is 1. The lowest BCUT2D eigenvalue weighted by Gasteiger charge is -2.09. The minimum atomic E-state index is -0.305. The SMILES string of the molecule is Cc1c(Cl)cccc1NCC(=O)N/N=C/c1c(O)ccc2ccccc12. The average Bonchev–Trinajstić information content (AvgIpc) is 2.65. The van der Waals surface area contributed by atoms with Crippen LogP contribution >= 0.6 is 11.6 Å². The van der Waals surface area contributed by atoms with E-state index in [1.807, 2.05) is 49.4 Å². The number of aromatic hydroxyl groups is 1. The van der Waals surface area contributed by atoms with Crippen molar-refractivity contribution in [2.45, 2.75) is 6.92 Å². The molecule has 26 heavy (non-hydrogen) atoms. The lowest BCUT2D eigenvalue weighted by Crippen LogP contribution is -2.26. The zero-order valence-electron chi connectivity index (χ0n) is 14.2. The number of hydrogen-bond acceptors (Lipinski definition) is 4. The number of nitrogens with one attached hydrogen (secondary N) is 2. The first kappa shape index (κ1) is 17.8. The van der Waals surface area contributed by atoms with Gasteiger partial charge in [-0.1, -0.05) is 48.0 Å². The summed E-state index contributed by atoms with van der Waals surface area (Å²) in [6.45, 7) is 1.93. The minimum Gasteiger partial charge on any atom is -0.507 e. The van der Waals surface area contributed by atoms with Crippen molar-refractivity contribution < 1.29 is 9.90 Å². The standard InChI is InChI=1S/C20H18ClN3O2/c1-13-17(21)7-4-8-18(13)22-12-20(26)24-23-11-16-15-6-3-2-5-14(15)9-10-19(16)25/h2-11,22,25H,12H2,1H3,(H,24,26)/b23-11+. The molecule has 0 aliphatic carbocycles. The Labute approximate surface area is 156 Å². The van der Waals surface area contributed by atoms with Crippen molar-refractivity contribution in [2.75, 3.05) is 11.9 Å². The van der Waals surface area contributed by atoms with Crippen LogP contribution in [0, 0.1) is 6.92 Å². The number of amides is 1. The van der Waals surface area contributed by atoms with Gasteiger partial charge < -0.3 is 10.4 Å². The number of phenolic OH excluding ortho intramolecular Hbond substituents is 1. The highest BCUT2D eigenvalue weighted by Crippen LogP contribution is 2.25. The number of rotatable bonds is 5. The van der Waals surface area contributed by atoms with Crippen LogP contribution in [-0.2, 0) is 4.79 Å². The quantitative estimate of drug-likeness (QED) is 0.470. The van der Waals surface area contributed by atoms with Crippen molar-refractivity contribution in [3.8, 4) is 5.75 Å². The molecular formula is C20H18ClN3O2. The van der Waals surface area contributed by atoms with E-state index in [9.17, 15) is 9.90 Å². The molecule has 0 saturated carbocycles. The van der Waals surface area contributed by atoms with E-state index in [0.29, 0.717) is 10.6 Å². The van der Waals surface area contributed by atoms with E-state index in [1.165, 1.54) is 6.21 Å². The predicted octanol–water partition coefficient (Wildman–Crippen LogP) is 4.07. The van der Waals surface area contributed by atoms with E-state index in [0.717, 1.165) is 22.0 Å². The highest BCUT2D eigenvalue weighted by atomic mass is 35.5. The Hall–Kier alpha value is -3.05. The van der Waals surface area contributed by atoms with Crippen LogP contribution in [0.15, 0.2) is 59.7 Å². The lowest BCUT2D eigenvalue weighted by molar-refractivity contribution is -0.119.